The molecule has 0 aromatic heterocycles. The lowest BCUT2D eigenvalue weighted by Gasteiger charge is -2.06. The van der Waals surface area contributed by atoms with Gasteiger partial charge in [-0.2, -0.15) is 5.26 Å². The Kier molecular flexibility index (Phi) is 5.95. The molecule has 2 rings (SSSR count). The molecule has 0 unspecified atom stereocenters. The summed E-state index contributed by atoms with van der Waals surface area (Å²) in [7, 11) is 0. The Morgan fingerprint density at radius 1 is 1.16 bits per heavy atom. The molecule has 0 saturated heterocycles. The Morgan fingerprint density at radius 3 is 2.44 bits per heavy atom. The molecule has 126 valence electrons. The Bertz CT molecular complexity index is 886. The van der Waals surface area contributed by atoms with Gasteiger partial charge in [-0.1, -0.05) is 29.3 Å². The van der Waals surface area contributed by atoms with Crippen LogP contribution >= 0.6 is 23.2 Å². The predicted molar refractivity (Wildman–Crippen MR) is 95.5 cm³/mol. The average Bonchev–Trinajstić information content (AvgIpc) is 2.54. The number of amides is 1. The van der Waals surface area contributed by atoms with Gasteiger partial charge in [0.2, 0.25) is 0 Å². The van der Waals surface area contributed by atoms with Crippen molar-refractivity contribution in [1.82, 2.24) is 0 Å². The first-order chi connectivity index (χ1) is 11.9. The van der Waals surface area contributed by atoms with Crippen molar-refractivity contribution in [1.29, 1.82) is 5.26 Å². The first-order valence-corrected chi connectivity index (χ1v) is 7.53. The number of hydrogen-bond donors (Lipinski definition) is 2. The van der Waals surface area contributed by atoms with E-state index in [-0.39, 0.29) is 16.9 Å². The van der Waals surface area contributed by atoms with Crippen LogP contribution in [-0.4, -0.2) is 10.8 Å². The van der Waals surface area contributed by atoms with Crippen molar-refractivity contribution in [3.05, 3.63) is 74.4 Å². The summed E-state index contributed by atoms with van der Waals surface area (Å²) in [6, 6.07) is 11.8. The van der Waals surface area contributed by atoms with Gasteiger partial charge in [0.25, 0.3) is 11.6 Å². The van der Waals surface area contributed by atoms with Crippen LogP contribution < -0.4 is 10.6 Å². The maximum absolute atomic E-state index is 12.1. The molecule has 0 saturated carbocycles. The van der Waals surface area contributed by atoms with Gasteiger partial charge in [-0.05, 0) is 24.3 Å². The summed E-state index contributed by atoms with van der Waals surface area (Å²) < 4.78 is 0. The van der Waals surface area contributed by atoms with Crippen molar-refractivity contribution in [2.75, 3.05) is 10.6 Å². The number of hydrogen-bond acceptors (Lipinski definition) is 5. The summed E-state index contributed by atoms with van der Waals surface area (Å²) in [5, 5.41) is 25.8. The fourth-order valence-electron chi connectivity index (χ4n) is 1.84. The van der Waals surface area contributed by atoms with Gasteiger partial charge in [0, 0.05) is 39.8 Å². The Hall–Kier alpha value is -3.08. The number of halogens is 2. The maximum atomic E-state index is 12.1. The third-order valence-corrected chi connectivity index (χ3v) is 3.36. The van der Waals surface area contributed by atoms with Gasteiger partial charge in [0.1, 0.15) is 11.6 Å². The first kappa shape index (κ1) is 18.3. The number of anilines is 2. The number of rotatable bonds is 5. The highest BCUT2D eigenvalue weighted by Crippen LogP contribution is 2.23. The smallest absolute Gasteiger partial charge is 0.271 e. The van der Waals surface area contributed by atoms with Crippen molar-refractivity contribution >= 4 is 46.2 Å². The van der Waals surface area contributed by atoms with Gasteiger partial charge < -0.3 is 10.6 Å². The van der Waals surface area contributed by atoms with E-state index in [9.17, 15) is 14.9 Å². The van der Waals surface area contributed by atoms with Crippen LogP contribution in [0.25, 0.3) is 0 Å². The van der Waals surface area contributed by atoms with Crippen LogP contribution in [0.4, 0.5) is 17.1 Å². The number of nitro groups is 1. The zero-order chi connectivity index (χ0) is 18.4. The van der Waals surface area contributed by atoms with E-state index in [0.29, 0.717) is 15.7 Å². The molecule has 1 amide bonds. The zero-order valence-corrected chi connectivity index (χ0v) is 14.0. The van der Waals surface area contributed by atoms with Gasteiger partial charge >= 0.3 is 0 Å². The predicted octanol–water partition coefficient (Wildman–Crippen LogP) is 4.36. The van der Waals surface area contributed by atoms with Crippen LogP contribution in [0, 0.1) is 21.4 Å². The van der Waals surface area contributed by atoms with E-state index >= 15 is 0 Å². The van der Waals surface area contributed by atoms with E-state index < -0.39 is 10.8 Å². The summed E-state index contributed by atoms with van der Waals surface area (Å²) in [5.41, 5.74) is 0.286. The van der Waals surface area contributed by atoms with Crippen LogP contribution in [0.15, 0.2) is 54.2 Å². The molecule has 2 aromatic rings. The molecule has 2 N–H and O–H groups in total. The van der Waals surface area contributed by atoms with E-state index in [4.69, 9.17) is 28.5 Å². The SMILES string of the molecule is N#C/C(=C/Nc1cc(Cl)cc(Cl)c1)C(=O)Nc1cccc([N+](=O)[O-])c1. The zero-order valence-electron chi connectivity index (χ0n) is 12.5. The van der Waals surface area contributed by atoms with E-state index in [2.05, 4.69) is 10.6 Å². The molecule has 0 spiro atoms. The third-order valence-electron chi connectivity index (χ3n) is 2.93. The Labute approximate surface area is 152 Å². The van der Waals surface area contributed by atoms with Gasteiger partial charge in [0.15, 0.2) is 0 Å². The van der Waals surface area contributed by atoms with Crippen molar-refractivity contribution in [3.63, 3.8) is 0 Å². The molecule has 0 radical (unpaired) electrons. The summed E-state index contributed by atoms with van der Waals surface area (Å²) in [6.45, 7) is 0. The van der Waals surface area contributed by atoms with E-state index in [1.807, 2.05) is 0 Å². The molecule has 7 nitrogen and oxygen atoms in total. The number of nitro benzene ring substituents is 1. The standard InChI is InChI=1S/C16H10Cl2N4O3/c17-11-4-12(18)6-14(5-11)20-9-10(8-19)16(23)21-13-2-1-3-15(7-13)22(24)25/h1-7,9,20H,(H,21,23)/b10-9-. The monoisotopic (exact) mass is 376 g/mol. The highest BCUT2D eigenvalue weighted by atomic mass is 35.5. The maximum Gasteiger partial charge on any atom is 0.271 e. The Balaban J connectivity index is 2.14. The lowest BCUT2D eigenvalue weighted by molar-refractivity contribution is -0.384. The molecule has 0 heterocycles. The molecule has 0 aliphatic rings. The second-order valence-electron chi connectivity index (χ2n) is 4.73. The quantitative estimate of drug-likeness (QED) is 0.348. The number of nitrogens with one attached hydrogen (secondary N) is 2. The van der Waals surface area contributed by atoms with Crippen LogP contribution in [0.2, 0.25) is 10.0 Å². The minimum Gasteiger partial charge on any atom is -0.360 e. The number of benzene rings is 2. The summed E-state index contributed by atoms with van der Waals surface area (Å²) in [4.78, 5) is 22.3. The number of nitrogens with zero attached hydrogens (tertiary/aromatic N) is 2. The number of carbonyl (C=O) groups excluding carboxylic acids is 1. The molecule has 9 heteroatoms. The molecule has 0 bridgehead atoms. The Morgan fingerprint density at radius 2 is 1.84 bits per heavy atom. The largest absolute Gasteiger partial charge is 0.360 e. The molecule has 0 atom stereocenters. The minimum atomic E-state index is -0.719. The third kappa shape index (κ3) is 5.21. The van der Waals surface area contributed by atoms with Crippen molar-refractivity contribution in [3.8, 4) is 6.07 Å². The van der Waals surface area contributed by atoms with Gasteiger partial charge in [-0.25, -0.2) is 0 Å². The fourth-order valence-corrected chi connectivity index (χ4v) is 2.36. The number of carbonyl (C=O) groups is 1. The highest BCUT2D eigenvalue weighted by molar-refractivity contribution is 6.35. The first-order valence-electron chi connectivity index (χ1n) is 6.78. The summed E-state index contributed by atoms with van der Waals surface area (Å²) >= 11 is 11.7. The van der Waals surface area contributed by atoms with Gasteiger partial charge in [0.05, 0.1) is 4.92 Å². The van der Waals surface area contributed by atoms with Crippen molar-refractivity contribution < 1.29 is 9.72 Å². The molecule has 0 aliphatic carbocycles. The molecule has 0 fully saturated rings. The number of nitriles is 1. The van der Waals surface area contributed by atoms with Crippen LogP contribution in [0.3, 0.4) is 0 Å². The molecular weight excluding hydrogens is 367 g/mol. The van der Waals surface area contributed by atoms with E-state index in [1.165, 1.54) is 36.5 Å². The second kappa shape index (κ2) is 8.15. The second-order valence-corrected chi connectivity index (χ2v) is 5.61. The average molecular weight is 377 g/mol. The topological polar surface area (TPSA) is 108 Å². The van der Waals surface area contributed by atoms with Crippen LogP contribution in [-0.2, 0) is 4.79 Å². The van der Waals surface area contributed by atoms with Gasteiger partial charge in [-0.3, -0.25) is 14.9 Å². The molecular formula is C16H10Cl2N4O3. The normalized spacial score (nSPS) is 10.7. The lowest BCUT2D eigenvalue weighted by atomic mass is 10.2. The lowest BCUT2D eigenvalue weighted by Crippen LogP contribution is -2.14. The molecule has 2 aromatic carbocycles. The minimum absolute atomic E-state index is 0.174. The number of non-ortho nitro benzene ring substituents is 1. The van der Waals surface area contributed by atoms with E-state index in [0.717, 1.165) is 0 Å². The van der Waals surface area contributed by atoms with Crippen LogP contribution in [0.1, 0.15) is 0 Å². The fraction of sp³-hybridized carbons (Fsp3) is 0. The molecule has 25 heavy (non-hydrogen) atoms. The molecule has 0 aliphatic heterocycles. The summed E-state index contributed by atoms with van der Waals surface area (Å²) in [5.74, 6) is -0.719. The highest BCUT2D eigenvalue weighted by Gasteiger charge is 2.12. The van der Waals surface area contributed by atoms with E-state index in [1.54, 1.807) is 18.2 Å². The summed E-state index contributed by atoms with van der Waals surface area (Å²) in [6.07, 6.45) is 1.19. The van der Waals surface area contributed by atoms with Crippen molar-refractivity contribution in [2.24, 2.45) is 0 Å². The van der Waals surface area contributed by atoms with Gasteiger partial charge in [-0.15, -0.1) is 0 Å². The van der Waals surface area contributed by atoms with Crippen LogP contribution in [0.5, 0.6) is 0 Å². The van der Waals surface area contributed by atoms with Crippen molar-refractivity contribution in [2.45, 2.75) is 0 Å².